The second-order valence-electron chi connectivity index (χ2n) is 9.91. The number of hydrogen-bond acceptors (Lipinski definition) is 8. The molecule has 0 radical (unpaired) electrons. The monoisotopic (exact) mass is 439 g/mol. The van der Waals surface area contributed by atoms with Gasteiger partial charge >= 0.3 is 0 Å². The highest BCUT2D eigenvalue weighted by Crippen LogP contribution is 2.45. The van der Waals surface area contributed by atoms with Crippen LogP contribution in [0.4, 0.5) is 11.4 Å². The zero-order chi connectivity index (χ0) is 22.2. The molecule has 1 aromatic rings. The molecule has 0 amide bonds. The van der Waals surface area contributed by atoms with Gasteiger partial charge in [0.15, 0.2) is 0 Å². The van der Waals surface area contributed by atoms with Gasteiger partial charge in [-0.1, -0.05) is 6.42 Å². The summed E-state index contributed by atoms with van der Waals surface area (Å²) in [6, 6.07) is 6.48. The smallest absolute Gasteiger partial charge is 0.220 e. The number of nitrogens with zero attached hydrogens (tertiary/aromatic N) is 4. The zero-order valence-corrected chi connectivity index (χ0v) is 19.3. The molecule has 4 aliphatic rings. The number of anilines is 2. The first-order valence-electron chi connectivity index (χ1n) is 12.2. The van der Waals surface area contributed by atoms with Crippen molar-refractivity contribution in [1.29, 1.82) is 0 Å². The number of hydrogen-bond donors (Lipinski definition) is 3. The number of ether oxygens (including phenoxy) is 1. The van der Waals surface area contributed by atoms with Crippen LogP contribution in [0, 0.1) is 5.41 Å². The zero-order valence-electron chi connectivity index (χ0n) is 19.3. The lowest BCUT2D eigenvalue weighted by atomic mass is 9.71. The lowest BCUT2D eigenvalue weighted by Crippen LogP contribution is -2.58. The Kier molecular flexibility index (Phi) is 5.65. The molecule has 174 valence electrons. The Bertz CT molecular complexity index is 890. The van der Waals surface area contributed by atoms with E-state index in [1.807, 2.05) is 0 Å². The van der Waals surface area contributed by atoms with Crippen LogP contribution in [0.3, 0.4) is 0 Å². The molecule has 3 aliphatic heterocycles. The maximum atomic E-state index is 6.43. The highest BCUT2D eigenvalue weighted by molar-refractivity contribution is 6.06. The second kappa shape index (κ2) is 8.46. The van der Waals surface area contributed by atoms with Crippen LogP contribution in [0.1, 0.15) is 57.8 Å². The fourth-order valence-corrected chi connectivity index (χ4v) is 6.21. The van der Waals surface area contributed by atoms with Gasteiger partial charge in [-0.15, -0.1) is 0 Å². The third kappa shape index (κ3) is 3.78. The van der Waals surface area contributed by atoms with Gasteiger partial charge in [-0.3, -0.25) is 4.90 Å². The lowest BCUT2D eigenvalue weighted by Gasteiger charge is -2.46. The van der Waals surface area contributed by atoms with Gasteiger partial charge < -0.3 is 26.4 Å². The SMILES string of the molecule is COc1cc(N2CCC3(CCNCC3)CC2)ccc1N1C(N)=NC(N)=NC12CCCCC2. The van der Waals surface area contributed by atoms with Crippen molar-refractivity contribution < 1.29 is 4.74 Å². The molecule has 2 saturated heterocycles. The first kappa shape index (κ1) is 21.4. The topological polar surface area (TPSA) is 104 Å². The van der Waals surface area contributed by atoms with E-state index in [-0.39, 0.29) is 5.96 Å². The van der Waals surface area contributed by atoms with Crippen LogP contribution in [0.5, 0.6) is 5.75 Å². The molecule has 8 nitrogen and oxygen atoms in total. The van der Waals surface area contributed by atoms with Gasteiger partial charge in [0, 0.05) is 24.8 Å². The van der Waals surface area contributed by atoms with Crippen molar-refractivity contribution in [2.45, 2.75) is 63.5 Å². The summed E-state index contributed by atoms with van der Waals surface area (Å²) in [5.41, 5.74) is 14.7. The molecule has 5 rings (SSSR count). The fraction of sp³-hybridized carbons (Fsp3) is 0.667. The van der Waals surface area contributed by atoms with Gasteiger partial charge in [0.25, 0.3) is 0 Å². The minimum Gasteiger partial charge on any atom is -0.494 e. The Balaban J connectivity index is 1.41. The van der Waals surface area contributed by atoms with Gasteiger partial charge in [-0.2, -0.15) is 4.99 Å². The van der Waals surface area contributed by atoms with E-state index in [2.05, 4.69) is 38.3 Å². The predicted octanol–water partition coefficient (Wildman–Crippen LogP) is 2.78. The van der Waals surface area contributed by atoms with Gasteiger partial charge in [-0.25, -0.2) is 4.99 Å². The van der Waals surface area contributed by atoms with Crippen molar-refractivity contribution in [3.63, 3.8) is 0 Å². The molecular weight excluding hydrogens is 402 g/mol. The quantitative estimate of drug-likeness (QED) is 0.669. The highest BCUT2D eigenvalue weighted by Gasteiger charge is 2.44. The van der Waals surface area contributed by atoms with Crippen LogP contribution >= 0.6 is 0 Å². The fourth-order valence-electron chi connectivity index (χ4n) is 6.21. The summed E-state index contributed by atoms with van der Waals surface area (Å²) < 4.78 is 5.88. The lowest BCUT2D eigenvalue weighted by molar-refractivity contribution is 0.155. The summed E-state index contributed by atoms with van der Waals surface area (Å²) >= 11 is 0. The van der Waals surface area contributed by atoms with Crippen LogP contribution < -0.4 is 31.3 Å². The number of methoxy groups -OCH3 is 1. The van der Waals surface area contributed by atoms with Crippen molar-refractivity contribution in [2.75, 3.05) is 43.1 Å². The summed E-state index contributed by atoms with van der Waals surface area (Å²) in [4.78, 5) is 13.7. The van der Waals surface area contributed by atoms with Crippen molar-refractivity contribution in [1.82, 2.24) is 5.32 Å². The van der Waals surface area contributed by atoms with E-state index >= 15 is 0 Å². The molecule has 0 bridgehead atoms. The number of nitrogens with one attached hydrogen (secondary N) is 1. The van der Waals surface area contributed by atoms with Crippen LogP contribution in [0.15, 0.2) is 28.2 Å². The third-order valence-electron chi connectivity index (χ3n) is 8.11. The molecule has 32 heavy (non-hydrogen) atoms. The largest absolute Gasteiger partial charge is 0.494 e. The maximum Gasteiger partial charge on any atom is 0.220 e. The average molecular weight is 440 g/mol. The number of rotatable bonds is 3. The Morgan fingerprint density at radius 2 is 1.69 bits per heavy atom. The Morgan fingerprint density at radius 3 is 2.38 bits per heavy atom. The highest BCUT2D eigenvalue weighted by atomic mass is 16.5. The molecule has 0 unspecified atom stereocenters. The van der Waals surface area contributed by atoms with E-state index in [9.17, 15) is 0 Å². The molecule has 3 heterocycles. The van der Waals surface area contributed by atoms with Crippen LogP contribution in [0.25, 0.3) is 0 Å². The van der Waals surface area contributed by atoms with Gasteiger partial charge in [0.1, 0.15) is 11.4 Å². The molecule has 2 spiro atoms. The normalized spacial score (nSPS) is 24.9. The van der Waals surface area contributed by atoms with Crippen molar-refractivity contribution in [3.8, 4) is 5.75 Å². The summed E-state index contributed by atoms with van der Waals surface area (Å²) in [6.45, 7) is 4.52. The minimum absolute atomic E-state index is 0.274. The van der Waals surface area contributed by atoms with E-state index in [1.165, 1.54) is 37.8 Å². The number of guanidine groups is 2. The van der Waals surface area contributed by atoms with E-state index in [4.69, 9.17) is 21.2 Å². The summed E-state index contributed by atoms with van der Waals surface area (Å²) in [5.74, 6) is 1.48. The van der Waals surface area contributed by atoms with Crippen molar-refractivity contribution in [2.24, 2.45) is 26.9 Å². The molecule has 0 aromatic heterocycles. The summed E-state index contributed by atoms with van der Waals surface area (Å²) in [5, 5.41) is 3.51. The molecule has 3 fully saturated rings. The Hall–Kier alpha value is -2.48. The molecule has 5 N–H and O–H groups in total. The van der Waals surface area contributed by atoms with Crippen LogP contribution in [-0.4, -0.2) is 50.9 Å². The Labute approximate surface area is 191 Å². The third-order valence-corrected chi connectivity index (χ3v) is 8.11. The maximum absolute atomic E-state index is 6.43. The predicted molar refractivity (Wildman–Crippen MR) is 131 cm³/mol. The molecular formula is C24H37N7O. The first-order valence-corrected chi connectivity index (χ1v) is 12.2. The van der Waals surface area contributed by atoms with Gasteiger partial charge in [0.2, 0.25) is 11.9 Å². The summed E-state index contributed by atoms with van der Waals surface area (Å²) in [7, 11) is 1.73. The number of benzene rings is 1. The standard InChI is InChI=1S/C24H37N7O/c1-32-20-17-18(30-15-11-23(12-16-30)9-13-27-14-10-23)5-6-19(20)31-22(26)28-21(25)29-24(31)7-3-2-4-8-24/h5-6,17,27H,2-4,7-16H2,1H3,(H4,25,26,28,29). The second-order valence-corrected chi connectivity index (χ2v) is 9.91. The van der Waals surface area contributed by atoms with Crippen LogP contribution in [0.2, 0.25) is 0 Å². The number of nitrogens with two attached hydrogens (primary N) is 2. The van der Waals surface area contributed by atoms with E-state index in [0.29, 0.717) is 11.4 Å². The first-order chi connectivity index (χ1) is 15.5. The van der Waals surface area contributed by atoms with E-state index in [1.54, 1.807) is 7.11 Å². The average Bonchev–Trinajstić information content (AvgIpc) is 2.80. The molecule has 0 atom stereocenters. The number of piperidine rings is 2. The van der Waals surface area contributed by atoms with Gasteiger partial charge in [-0.05, 0) is 82.0 Å². The minimum atomic E-state index is -0.463. The van der Waals surface area contributed by atoms with Crippen LogP contribution in [-0.2, 0) is 0 Å². The number of aliphatic imine (C=N–C) groups is 2. The molecule has 1 aromatic carbocycles. The molecule has 8 heteroatoms. The summed E-state index contributed by atoms with van der Waals surface area (Å²) in [6.07, 6.45) is 10.4. The molecule has 1 saturated carbocycles. The van der Waals surface area contributed by atoms with E-state index in [0.717, 1.165) is 63.3 Å². The molecule has 1 aliphatic carbocycles. The van der Waals surface area contributed by atoms with Crippen molar-refractivity contribution in [3.05, 3.63) is 18.2 Å². The van der Waals surface area contributed by atoms with Gasteiger partial charge in [0.05, 0.1) is 12.8 Å². The van der Waals surface area contributed by atoms with Crippen molar-refractivity contribution >= 4 is 23.3 Å². The Morgan fingerprint density at radius 1 is 0.969 bits per heavy atom. The van der Waals surface area contributed by atoms with E-state index < -0.39 is 5.66 Å².